The largest absolute Gasteiger partial charge is 0.496 e. The Kier molecular flexibility index (Phi) is 3.48. The van der Waals surface area contributed by atoms with Crippen molar-refractivity contribution in [3.63, 3.8) is 0 Å². The SMILES string of the molecule is COc1ccc(C(C)(C)C)cc1CS. The second-order valence-electron chi connectivity index (χ2n) is 4.43. The number of benzene rings is 1. The van der Waals surface area contributed by atoms with E-state index >= 15 is 0 Å². The van der Waals surface area contributed by atoms with E-state index in [4.69, 9.17) is 4.74 Å². The first kappa shape index (κ1) is 11.4. The molecular weight excluding hydrogens is 192 g/mol. The second kappa shape index (κ2) is 4.26. The highest BCUT2D eigenvalue weighted by atomic mass is 32.1. The molecule has 0 radical (unpaired) electrons. The Bertz CT molecular complexity index is 313. The van der Waals surface area contributed by atoms with Crippen LogP contribution in [0.1, 0.15) is 31.9 Å². The maximum Gasteiger partial charge on any atom is 0.122 e. The van der Waals surface area contributed by atoms with Gasteiger partial charge in [-0.3, -0.25) is 0 Å². The molecular formula is C12H18OS. The van der Waals surface area contributed by atoms with Crippen LogP contribution in [-0.4, -0.2) is 7.11 Å². The lowest BCUT2D eigenvalue weighted by Crippen LogP contribution is -2.11. The van der Waals surface area contributed by atoms with Crippen molar-refractivity contribution in [3.8, 4) is 5.75 Å². The molecule has 0 N–H and O–H groups in total. The highest BCUT2D eigenvalue weighted by Crippen LogP contribution is 2.28. The zero-order valence-electron chi connectivity index (χ0n) is 9.29. The van der Waals surface area contributed by atoms with Crippen molar-refractivity contribution in [3.05, 3.63) is 29.3 Å². The van der Waals surface area contributed by atoms with Gasteiger partial charge in [-0.25, -0.2) is 0 Å². The van der Waals surface area contributed by atoms with Gasteiger partial charge in [-0.15, -0.1) is 0 Å². The zero-order valence-corrected chi connectivity index (χ0v) is 10.2. The van der Waals surface area contributed by atoms with Crippen molar-refractivity contribution in [2.75, 3.05) is 7.11 Å². The molecule has 1 aromatic rings. The van der Waals surface area contributed by atoms with Gasteiger partial charge in [0.15, 0.2) is 0 Å². The Morgan fingerprint density at radius 2 is 1.93 bits per heavy atom. The third-order valence-corrected chi connectivity index (χ3v) is 2.66. The van der Waals surface area contributed by atoms with Crippen LogP contribution in [0.4, 0.5) is 0 Å². The molecule has 14 heavy (non-hydrogen) atoms. The van der Waals surface area contributed by atoms with Crippen LogP contribution in [0.2, 0.25) is 0 Å². The van der Waals surface area contributed by atoms with Gasteiger partial charge in [0.2, 0.25) is 0 Å². The van der Waals surface area contributed by atoms with Crippen LogP contribution in [-0.2, 0) is 11.2 Å². The van der Waals surface area contributed by atoms with E-state index in [1.165, 1.54) is 5.56 Å². The molecule has 0 aliphatic rings. The van der Waals surface area contributed by atoms with Crippen LogP contribution in [0.25, 0.3) is 0 Å². The highest BCUT2D eigenvalue weighted by molar-refractivity contribution is 7.79. The summed E-state index contributed by atoms with van der Waals surface area (Å²) in [4.78, 5) is 0. The van der Waals surface area contributed by atoms with E-state index in [1.807, 2.05) is 6.07 Å². The minimum Gasteiger partial charge on any atom is -0.496 e. The minimum absolute atomic E-state index is 0.184. The molecule has 0 bridgehead atoms. The molecule has 0 atom stereocenters. The van der Waals surface area contributed by atoms with Gasteiger partial charge in [-0.1, -0.05) is 32.9 Å². The standard InChI is InChI=1S/C12H18OS/c1-12(2,3)10-5-6-11(13-4)9(7-10)8-14/h5-7,14H,8H2,1-4H3. The smallest absolute Gasteiger partial charge is 0.122 e. The average molecular weight is 210 g/mol. The number of hydrogen-bond donors (Lipinski definition) is 1. The second-order valence-corrected chi connectivity index (χ2v) is 4.75. The molecule has 1 aromatic carbocycles. The Balaban J connectivity index is 3.14. The van der Waals surface area contributed by atoms with Crippen LogP contribution in [0.3, 0.4) is 0 Å². The third kappa shape index (κ3) is 2.44. The number of thiol groups is 1. The van der Waals surface area contributed by atoms with E-state index in [-0.39, 0.29) is 5.41 Å². The van der Waals surface area contributed by atoms with E-state index < -0.39 is 0 Å². The zero-order chi connectivity index (χ0) is 10.8. The molecule has 0 unspecified atom stereocenters. The summed E-state index contributed by atoms with van der Waals surface area (Å²) in [5, 5.41) is 0. The molecule has 1 rings (SSSR count). The topological polar surface area (TPSA) is 9.23 Å². The Morgan fingerprint density at radius 1 is 1.29 bits per heavy atom. The number of methoxy groups -OCH3 is 1. The van der Waals surface area contributed by atoms with E-state index in [9.17, 15) is 0 Å². The number of hydrogen-bond acceptors (Lipinski definition) is 2. The number of rotatable bonds is 2. The van der Waals surface area contributed by atoms with Gasteiger partial charge in [-0.05, 0) is 17.0 Å². The highest BCUT2D eigenvalue weighted by Gasteiger charge is 2.15. The molecule has 78 valence electrons. The first-order valence-corrected chi connectivity index (χ1v) is 5.40. The Labute approximate surface area is 91.9 Å². The fourth-order valence-corrected chi connectivity index (χ4v) is 1.62. The maximum atomic E-state index is 5.25. The van der Waals surface area contributed by atoms with Gasteiger partial charge < -0.3 is 4.74 Å². The Morgan fingerprint density at radius 3 is 2.36 bits per heavy atom. The quantitative estimate of drug-likeness (QED) is 0.736. The molecule has 1 nitrogen and oxygen atoms in total. The predicted octanol–water partition coefficient (Wildman–Crippen LogP) is 3.42. The lowest BCUT2D eigenvalue weighted by molar-refractivity contribution is 0.410. The summed E-state index contributed by atoms with van der Waals surface area (Å²) in [6.07, 6.45) is 0. The molecule has 0 heterocycles. The van der Waals surface area contributed by atoms with Crippen LogP contribution in [0.5, 0.6) is 5.75 Å². The van der Waals surface area contributed by atoms with E-state index in [1.54, 1.807) is 7.11 Å². The minimum atomic E-state index is 0.184. The van der Waals surface area contributed by atoms with Gasteiger partial charge in [0.1, 0.15) is 5.75 Å². The normalized spacial score (nSPS) is 11.5. The number of ether oxygens (including phenoxy) is 1. The summed E-state index contributed by atoms with van der Waals surface area (Å²) in [7, 11) is 1.69. The Hall–Kier alpha value is -0.630. The van der Waals surface area contributed by atoms with Gasteiger partial charge >= 0.3 is 0 Å². The van der Waals surface area contributed by atoms with Crippen LogP contribution < -0.4 is 4.74 Å². The van der Waals surface area contributed by atoms with Crippen LogP contribution in [0.15, 0.2) is 18.2 Å². The summed E-state index contributed by atoms with van der Waals surface area (Å²) in [6, 6.07) is 6.31. The predicted molar refractivity (Wildman–Crippen MR) is 64.4 cm³/mol. The van der Waals surface area contributed by atoms with Crippen molar-refractivity contribution in [2.24, 2.45) is 0 Å². The molecule has 2 heteroatoms. The van der Waals surface area contributed by atoms with Gasteiger partial charge in [0.25, 0.3) is 0 Å². The summed E-state index contributed by atoms with van der Waals surface area (Å²) < 4.78 is 5.25. The summed E-state index contributed by atoms with van der Waals surface area (Å²) >= 11 is 4.30. The fourth-order valence-electron chi connectivity index (χ4n) is 1.37. The van der Waals surface area contributed by atoms with Crippen molar-refractivity contribution in [1.29, 1.82) is 0 Å². The van der Waals surface area contributed by atoms with E-state index in [0.717, 1.165) is 11.3 Å². The first-order chi connectivity index (χ1) is 6.49. The van der Waals surface area contributed by atoms with Gasteiger partial charge in [-0.2, -0.15) is 12.6 Å². The average Bonchev–Trinajstić information content (AvgIpc) is 2.15. The van der Waals surface area contributed by atoms with Crippen molar-refractivity contribution in [1.82, 2.24) is 0 Å². The van der Waals surface area contributed by atoms with Gasteiger partial charge in [0, 0.05) is 11.3 Å². The molecule has 0 saturated carbocycles. The van der Waals surface area contributed by atoms with Gasteiger partial charge in [0.05, 0.1) is 7.11 Å². The summed E-state index contributed by atoms with van der Waals surface area (Å²) in [6.45, 7) is 6.62. The van der Waals surface area contributed by atoms with Crippen molar-refractivity contribution < 1.29 is 4.74 Å². The van der Waals surface area contributed by atoms with Crippen molar-refractivity contribution in [2.45, 2.75) is 31.9 Å². The monoisotopic (exact) mass is 210 g/mol. The molecule has 0 aliphatic carbocycles. The molecule has 0 fully saturated rings. The third-order valence-electron chi connectivity index (χ3n) is 2.32. The molecule has 0 aromatic heterocycles. The summed E-state index contributed by atoms with van der Waals surface area (Å²) in [5.74, 6) is 1.64. The molecule has 0 aliphatic heterocycles. The summed E-state index contributed by atoms with van der Waals surface area (Å²) in [5.41, 5.74) is 2.66. The maximum absolute atomic E-state index is 5.25. The first-order valence-electron chi connectivity index (χ1n) is 4.77. The van der Waals surface area contributed by atoms with Crippen molar-refractivity contribution >= 4 is 12.6 Å². The lowest BCUT2D eigenvalue weighted by Gasteiger charge is -2.20. The molecule has 0 saturated heterocycles. The van der Waals surface area contributed by atoms with E-state index in [0.29, 0.717) is 5.75 Å². The van der Waals surface area contributed by atoms with E-state index in [2.05, 4.69) is 45.5 Å². The molecule has 0 amide bonds. The lowest BCUT2D eigenvalue weighted by atomic mass is 9.86. The molecule has 0 spiro atoms. The van der Waals surface area contributed by atoms with Crippen LogP contribution >= 0.6 is 12.6 Å². The fraction of sp³-hybridized carbons (Fsp3) is 0.500. The van der Waals surface area contributed by atoms with Crippen LogP contribution in [0, 0.1) is 0 Å².